The zero-order valence-corrected chi connectivity index (χ0v) is 19.4. The highest BCUT2D eigenvalue weighted by Crippen LogP contribution is 2.45. The topological polar surface area (TPSA) is 76.5 Å². The monoisotopic (exact) mass is 508 g/mol. The number of likely N-dealkylation sites (tertiary alicyclic amines) is 1. The molecule has 2 amide bonds. The van der Waals surface area contributed by atoms with E-state index < -0.39 is 29.8 Å². The zero-order valence-electron chi connectivity index (χ0n) is 18.7. The van der Waals surface area contributed by atoms with Crippen molar-refractivity contribution in [3.05, 3.63) is 72.2 Å². The highest BCUT2D eigenvalue weighted by molar-refractivity contribution is 6.29. The summed E-state index contributed by atoms with van der Waals surface area (Å²) in [6, 6.07) is 9.30. The van der Waals surface area contributed by atoms with Crippen LogP contribution in [0.5, 0.6) is 0 Å². The van der Waals surface area contributed by atoms with E-state index in [1.807, 2.05) is 0 Å². The fourth-order valence-electron chi connectivity index (χ4n) is 4.36. The number of ether oxygens (including phenoxy) is 1. The second kappa shape index (κ2) is 10.2. The van der Waals surface area contributed by atoms with E-state index in [2.05, 4.69) is 15.2 Å². The Bertz CT molecular complexity index is 1120. The Balaban J connectivity index is 1.53. The van der Waals surface area contributed by atoms with Crippen LogP contribution in [-0.4, -0.2) is 50.5 Å². The van der Waals surface area contributed by atoms with Crippen LogP contribution in [0.1, 0.15) is 31.2 Å². The SMILES string of the molecule is O=C(NC1=CC=C(c2ccccc2)C(Cl)(OC(F)(F)F)C1)[C@H]1CCCCN1C(=O)Cn1cccn1. The molecule has 1 aromatic heterocycles. The molecular formula is C24H24ClF3N4O3. The molecule has 1 aliphatic heterocycles. The molecule has 1 aliphatic carbocycles. The summed E-state index contributed by atoms with van der Waals surface area (Å²) in [5.41, 5.74) is 0.763. The van der Waals surface area contributed by atoms with Gasteiger partial charge in [-0.05, 0) is 37.0 Å². The number of carbonyl (C=O) groups is 2. The molecule has 11 heteroatoms. The number of allylic oxidation sites excluding steroid dienone is 2. The highest BCUT2D eigenvalue weighted by atomic mass is 35.5. The maximum Gasteiger partial charge on any atom is 0.524 e. The molecule has 0 bridgehead atoms. The molecule has 1 aromatic carbocycles. The first-order valence-electron chi connectivity index (χ1n) is 11.1. The molecule has 35 heavy (non-hydrogen) atoms. The lowest BCUT2D eigenvalue weighted by molar-refractivity contribution is -0.342. The molecular weight excluding hydrogens is 485 g/mol. The van der Waals surface area contributed by atoms with E-state index in [1.165, 1.54) is 21.7 Å². The van der Waals surface area contributed by atoms with E-state index in [1.54, 1.807) is 48.8 Å². The van der Waals surface area contributed by atoms with Gasteiger partial charge in [-0.15, -0.1) is 13.2 Å². The number of hydrogen-bond acceptors (Lipinski definition) is 4. The number of benzene rings is 1. The number of nitrogens with one attached hydrogen (secondary N) is 1. The van der Waals surface area contributed by atoms with Gasteiger partial charge in [-0.2, -0.15) is 5.10 Å². The first-order valence-corrected chi connectivity index (χ1v) is 11.5. The number of aromatic nitrogens is 2. The number of hydrogen-bond donors (Lipinski definition) is 1. The largest absolute Gasteiger partial charge is 0.524 e. The summed E-state index contributed by atoms with van der Waals surface area (Å²) in [5.74, 6) is -0.739. The van der Waals surface area contributed by atoms with Crippen LogP contribution in [0, 0.1) is 0 Å². The van der Waals surface area contributed by atoms with Gasteiger partial charge in [-0.25, -0.2) is 0 Å². The Labute approximate surface area is 205 Å². The highest BCUT2D eigenvalue weighted by Gasteiger charge is 2.47. The van der Waals surface area contributed by atoms with Gasteiger partial charge in [0, 0.05) is 36.6 Å². The molecule has 1 saturated heterocycles. The summed E-state index contributed by atoms with van der Waals surface area (Å²) >= 11 is 6.41. The van der Waals surface area contributed by atoms with Gasteiger partial charge >= 0.3 is 6.36 Å². The third kappa shape index (κ3) is 6.12. The third-order valence-electron chi connectivity index (χ3n) is 5.90. The molecule has 2 heterocycles. The van der Waals surface area contributed by atoms with Gasteiger partial charge in [0.1, 0.15) is 12.6 Å². The fraction of sp³-hybridized carbons (Fsp3) is 0.375. The van der Waals surface area contributed by atoms with Crippen LogP contribution in [0.2, 0.25) is 0 Å². The maximum absolute atomic E-state index is 13.3. The van der Waals surface area contributed by atoms with Crippen molar-refractivity contribution >= 4 is 29.0 Å². The minimum atomic E-state index is -5.00. The van der Waals surface area contributed by atoms with Gasteiger partial charge in [-0.1, -0.05) is 48.0 Å². The van der Waals surface area contributed by atoms with E-state index in [4.69, 9.17) is 11.6 Å². The van der Waals surface area contributed by atoms with Gasteiger partial charge in [0.05, 0.1) is 0 Å². The van der Waals surface area contributed by atoms with Crippen LogP contribution < -0.4 is 5.32 Å². The minimum Gasteiger partial charge on any atom is -0.329 e. The lowest BCUT2D eigenvalue weighted by Crippen LogP contribution is -2.53. The molecule has 186 valence electrons. The second-order valence-corrected chi connectivity index (χ2v) is 8.99. The molecule has 0 saturated carbocycles. The fourth-order valence-corrected chi connectivity index (χ4v) is 4.77. The molecule has 0 radical (unpaired) electrons. The number of alkyl halides is 4. The molecule has 2 atom stereocenters. The summed E-state index contributed by atoms with van der Waals surface area (Å²) in [4.78, 5) is 27.5. The van der Waals surface area contributed by atoms with Crippen LogP contribution in [0.25, 0.3) is 5.57 Å². The van der Waals surface area contributed by atoms with Gasteiger partial charge in [-0.3, -0.25) is 19.0 Å². The smallest absolute Gasteiger partial charge is 0.329 e. The van der Waals surface area contributed by atoms with E-state index >= 15 is 0 Å². The third-order valence-corrected chi connectivity index (χ3v) is 6.31. The zero-order chi connectivity index (χ0) is 25.1. The molecule has 2 aliphatic rings. The summed E-state index contributed by atoms with van der Waals surface area (Å²) in [6.45, 7) is 0.402. The number of amides is 2. The van der Waals surface area contributed by atoms with Crippen molar-refractivity contribution in [1.29, 1.82) is 0 Å². The van der Waals surface area contributed by atoms with Crippen LogP contribution in [0.4, 0.5) is 13.2 Å². The van der Waals surface area contributed by atoms with Crippen molar-refractivity contribution in [2.24, 2.45) is 0 Å². The Morgan fingerprint density at radius 2 is 1.94 bits per heavy atom. The molecule has 1 N–H and O–H groups in total. The average molecular weight is 509 g/mol. The van der Waals surface area contributed by atoms with Gasteiger partial charge in [0.15, 0.2) is 5.06 Å². The Kier molecular flexibility index (Phi) is 7.32. The summed E-state index contributed by atoms with van der Waals surface area (Å²) in [7, 11) is 0. The standard InChI is InChI=1S/C24H24ClF3N4O3/c25-23(35-24(26,27)28)15-18(10-11-19(23)17-7-2-1-3-8-17)30-22(34)20-9-4-5-14-32(20)21(33)16-31-13-6-12-29-31/h1-3,6-8,10-13,20H,4-5,9,14-16H2,(H,30,34)/t20-,23?/m1/s1. The Hall–Kier alpha value is -3.11. The van der Waals surface area contributed by atoms with E-state index in [0.29, 0.717) is 18.5 Å². The Morgan fingerprint density at radius 1 is 1.17 bits per heavy atom. The second-order valence-electron chi connectivity index (χ2n) is 8.38. The van der Waals surface area contributed by atoms with Gasteiger partial charge in [0.2, 0.25) is 11.8 Å². The normalized spacial score (nSPS) is 22.9. The lowest BCUT2D eigenvalue weighted by atomic mass is 9.92. The average Bonchev–Trinajstić information content (AvgIpc) is 3.31. The number of carbonyl (C=O) groups excluding carboxylic acids is 2. The van der Waals surface area contributed by atoms with Crippen LogP contribution in [0.3, 0.4) is 0 Å². The van der Waals surface area contributed by atoms with Crippen molar-refractivity contribution in [1.82, 2.24) is 20.0 Å². The van der Waals surface area contributed by atoms with Crippen molar-refractivity contribution in [3.63, 3.8) is 0 Å². The first-order chi connectivity index (χ1) is 16.6. The number of rotatable bonds is 6. The number of piperidine rings is 1. The van der Waals surface area contributed by atoms with Gasteiger partial charge < -0.3 is 10.2 Å². The predicted octanol–water partition coefficient (Wildman–Crippen LogP) is 4.22. The Morgan fingerprint density at radius 3 is 2.63 bits per heavy atom. The van der Waals surface area contributed by atoms with Crippen LogP contribution in [0.15, 0.2) is 66.6 Å². The molecule has 0 spiro atoms. The van der Waals surface area contributed by atoms with Crippen molar-refractivity contribution < 1.29 is 27.5 Å². The number of nitrogens with zero attached hydrogens (tertiary/aromatic N) is 3. The number of halogens is 4. The summed E-state index contributed by atoms with van der Waals surface area (Å²) in [5, 5.41) is 4.43. The molecule has 2 aromatic rings. The van der Waals surface area contributed by atoms with Crippen molar-refractivity contribution in [3.8, 4) is 0 Å². The van der Waals surface area contributed by atoms with Crippen LogP contribution >= 0.6 is 11.6 Å². The molecule has 7 nitrogen and oxygen atoms in total. The first kappa shape index (κ1) is 25.0. The molecule has 1 unspecified atom stereocenters. The summed E-state index contributed by atoms with van der Waals surface area (Å²) < 4.78 is 45.6. The summed E-state index contributed by atoms with van der Waals surface area (Å²) in [6.07, 6.45) is 2.66. The van der Waals surface area contributed by atoms with Gasteiger partial charge in [0.25, 0.3) is 0 Å². The lowest BCUT2D eigenvalue weighted by Gasteiger charge is -2.37. The van der Waals surface area contributed by atoms with E-state index in [0.717, 1.165) is 12.8 Å². The van der Waals surface area contributed by atoms with E-state index in [-0.39, 0.29) is 23.7 Å². The maximum atomic E-state index is 13.3. The molecule has 4 rings (SSSR count). The van der Waals surface area contributed by atoms with Crippen molar-refractivity contribution in [2.45, 2.75) is 49.7 Å². The quantitative estimate of drug-likeness (QED) is 0.593. The van der Waals surface area contributed by atoms with Crippen molar-refractivity contribution in [2.75, 3.05) is 6.54 Å². The minimum absolute atomic E-state index is 0.00708. The van der Waals surface area contributed by atoms with E-state index in [9.17, 15) is 22.8 Å². The van der Waals surface area contributed by atoms with Crippen LogP contribution in [-0.2, 0) is 20.9 Å². The predicted molar refractivity (Wildman–Crippen MR) is 123 cm³/mol. The molecule has 1 fully saturated rings.